The predicted molar refractivity (Wildman–Crippen MR) is 240 cm³/mol. The minimum atomic E-state index is -4.73. The summed E-state index contributed by atoms with van der Waals surface area (Å²) >= 11 is 0. The van der Waals surface area contributed by atoms with Gasteiger partial charge in [-0.15, -0.1) is 0 Å². The molecule has 11 nitrogen and oxygen atoms in total. The molecule has 0 aromatic heterocycles. The molecule has 0 saturated heterocycles. The monoisotopic (exact) mass is 854 g/mol. The SMILES string of the molecule is CCCCCCCC/C=C/C/C=C/CCC(=O)OC(COC(=O)CCCCCCCCC/C=C/C/C=C/CCCCCCCCCC)COP(=O)(O)OC[C@@H](N)C(=O)O. The summed E-state index contributed by atoms with van der Waals surface area (Å²) in [4.78, 5) is 45.9. The largest absolute Gasteiger partial charge is 0.480 e. The Morgan fingerprint density at radius 2 is 0.932 bits per heavy atom. The van der Waals surface area contributed by atoms with E-state index in [9.17, 15) is 23.8 Å². The molecule has 0 bridgehead atoms. The van der Waals surface area contributed by atoms with Crippen LogP contribution in [0.25, 0.3) is 0 Å². The molecule has 0 radical (unpaired) electrons. The number of rotatable bonds is 43. The average molecular weight is 854 g/mol. The molecule has 4 N–H and O–H groups in total. The zero-order chi connectivity index (χ0) is 43.5. The second-order valence-corrected chi connectivity index (χ2v) is 17.0. The maximum absolute atomic E-state index is 12.6. The molecule has 0 spiro atoms. The second-order valence-electron chi connectivity index (χ2n) is 15.5. The molecule has 12 heteroatoms. The molecule has 0 amide bonds. The van der Waals surface area contributed by atoms with E-state index in [0.717, 1.165) is 51.4 Å². The number of carboxylic acid groups (broad SMARTS) is 1. The van der Waals surface area contributed by atoms with E-state index in [2.05, 4.69) is 54.8 Å². The Hall–Kier alpha value is -2.56. The molecule has 3 atom stereocenters. The van der Waals surface area contributed by atoms with Crippen molar-refractivity contribution in [3.05, 3.63) is 48.6 Å². The fourth-order valence-corrected chi connectivity index (χ4v) is 6.93. The van der Waals surface area contributed by atoms with E-state index in [4.69, 9.17) is 24.8 Å². The molecular formula is C47H84NO10P. The first-order valence-electron chi connectivity index (χ1n) is 23.2. The van der Waals surface area contributed by atoms with Crippen molar-refractivity contribution in [1.29, 1.82) is 0 Å². The normalized spacial score (nSPS) is 14.1. The summed E-state index contributed by atoms with van der Waals surface area (Å²) in [7, 11) is -4.73. The van der Waals surface area contributed by atoms with E-state index in [0.29, 0.717) is 12.8 Å². The third-order valence-electron chi connectivity index (χ3n) is 9.81. The Balaban J connectivity index is 4.33. The molecule has 0 saturated carbocycles. The highest BCUT2D eigenvalue weighted by atomic mass is 31.2. The van der Waals surface area contributed by atoms with Crippen LogP contribution in [0.1, 0.15) is 200 Å². The van der Waals surface area contributed by atoms with Crippen molar-refractivity contribution in [1.82, 2.24) is 0 Å². The molecule has 0 aliphatic heterocycles. The van der Waals surface area contributed by atoms with Gasteiger partial charge in [-0.05, 0) is 64.2 Å². The Morgan fingerprint density at radius 3 is 1.39 bits per heavy atom. The molecule has 0 aliphatic carbocycles. The number of ether oxygens (including phenoxy) is 2. The maximum Gasteiger partial charge on any atom is 0.472 e. The van der Waals surface area contributed by atoms with Gasteiger partial charge in [-0.25, -0.2) is 4.57 Å². The lowest BCUT2D eigenvalue weighted by atomic mass is 10.1. The Bertz CT molecular complexity index is 1190. The number of nitrogens with two attached hydrogens (primary N) is 1. The molecule has 342 valence electrons. The highest BCUT2D eigenvalue weighted by molar-refractivity contribution is 7.47. The van der Waals surface area contributed by atoms with E-state index >= 15 is 0 Å². The third kappa shape index (κ3) is 41.9. The molecule has 0 rings (SSSR count). The van der Waals surface area contributed by atoms with Crippen LogP contribution in [0.3, 0.4) is 0 Å². The van der Waals surface area contributed by atoms with Gasteiger partial charge >= 0.3 is 25.7 Å². The minimum Gasteiger partial charge on any atom is -0.480 e. The number of allylic oxidation sites excluding steroid dienone is 8. The summed E-state index contributed by atoms with van der Waals surface area (Å²) in [6.45, 7) is 2.73. The Labute approximate surface area is 358 Å². The first-order chi connectivity index (χ1) is 28.6. The maximum atomic E-state index is 12.6. The summed E-state index contributed by atoms with van der Waals surface area (Å²) in [6, 6.07) is -1.53. The van der Waals surface area contributed by atoms with Gasteiger partial charge in [0.2, 0.25) is 0 Å². The lowest BCUT2D eigenvalue weighted by molar-refractivity contribution is -0.161. The number of phosphoric ester groups is 1. The molecule has 0 aromatic rings. The van der Waals surface area contributed by atoms with E-state index in [1.807, 2.05) is 12.2 Å². The van der Waals surface area contributed by atoms with E-state index in [1.54, 1.807) is 0 Å². The van der Waals surface area contributed by atoms with Crippen molar-refractivity contribution in [3.8, 4) is 0 Å². The summed E-state index contributed by atoms with van der Waals surface area (Å²) < 4.78 is 32.6. The van der Waals surface area contributed by atoms with Gasteiger partial charge in [0.1, 0.15) is 12.6 Å². The molecule has 59 heavy (non-hydrogen) atoms. The van der Waals surface area contributed by atoms with Crippen molar-refractivity contribution in [2.75, 3.05) is 19.8 Å². The fourth-order valence-electron chi connectivity index (χ4n) is 6.15. The number of unbranched alkanes of at least 4 members (excludes halogenated alkanes) is 21. The number of esters is 2. The van der Waals surface area contributed by atoms with Gasteiger partial charge in [0, 0.05) is 12.8 Å². The third-order valence-corrected chi connectivity index (χ3v) is 10.8. The van der Waals surface area contributed by atoms with Gasteiger partial charge in [-0.2, -0.15) is 0 Å². The van der Waals surface area contributed by atoms with Gasteiger partial charge in [0.05, 0.1) is 13.2 Å². The van der Waals surface area contributed by atoms with E-state index < -0.39 is 51.1 Å². The Morgan fingerprint density at radius 1 is 0.525 bits per heavy atom. The number of carboxylic acids is 1. The van der Waals surface area contributed by atoms with Gasteiger partial charge in [-0.1, -0.05) is 172 Å². The molecule has 0 aromatic carbocycles. The number of hydrogen-bond donors (Lipinski definition) is 3. The van der Waals surface area contributed by atoms with Crippen molar-refractivity contribution >= 4 is 25.7 Å². The summed E-state index contributed by atoms with van der Waals surface area (Å²) in [5.41, 5.74) is 5.33. The zero-order valence-electron chi connectivity index (χ0n) is 37.1. The van der Waals surface area contributed by atoms with Crippen LogP contribution in [0.5, 0.6) is 0 Å². The highest BCUT2D eigenvalue weighted by Gasteiger charge is 2.28. The summed E-state index contributed by atoms with van der Waals surface area (Å²) in [5.74, 6) is -2.47. The lowest BCUT2D eigenvalue weighted by Crippen LogP contribution is -2.34. The number of phosphoric acid groups is 1. The van der Waals surface area contributed by atoms with E-state index in [-0.39, 0.29) is 19.4 Å². The van der Waals surface area contributed by atoms with Crippen LogP contribution in [-0.4, -0.2) is 59.9 Å². The molecule has 2 unspecified atom stereocenters. The number of aliphatic carboxylic acids is 1. The number of carbonyl (C=O) groups is 3. The smallest absolute Gasteiger partial charge is 0.472 e. The van der Waals surface area contributed by atoms with Crippen LogP contribution in [-0.2, 0) is 37.5 Å². The predicted octanol–water partition coefficient (Wildman–Crippen LogP) is 12.6. The van der Waals surface area contributed by atoms with Crippen molar-refractivity contribution in [3.63, 3.8) is 0 Å². The van der Waals surface area contributed by atoms with Gasteiger partial charge in [0.25, 0.3) is 0 Å². The molecule has 0 heterocycles. The van der Waals surface area contributed by atoms with Crippen LogP contribution < -0.4 is 5.73 Å². The van der Waals surface area contributed by atoms with Crippen molar-refractivity contribution in [2.24, 2.45) is 5.73 Å². The van der Waals surface area contributed by atoms with Crippen LogP contribution in [0, 0.1) is 0 Å². The fraction of sp³-hybridized carbons (Fsp3) is 0.766. The number of hydrogen-bond acceptors (Lipinski definition) is 9. The van der Waals surface area contributed by atoms with Crippen molar-refractivity contribution < 1.29 is 47.5 Å². The van der Waals surface area contributed by atoms with Gasteiger partial charge in [0.15, 0.2) is 6.10 Å². The Kier molecular flexibility index (Phi) is 40.3. The average Bonchev–Trinajstić information content (AvgIpc) is 3.21. The van der Waals surface area contributed by atoms with Crippen LogP contribution >= 0.6 is 7.82 Å². The molecule has 0 aliphatic rings. The van der Waals surface area contributed by atoms with Crippen LogP contribution in [0.4, 0.5) is 0 Å². The summed E-state index contributed by atoms with van der Waals surface area (Å²) in [5, 5.41) is 8.89. The van der Waals surface area contributed by atoms with Crippen molar-refractivity contribution in [2.45, 2.75) is 212 Å². The standard InChI is InChI=1S/C47H84NO10P/c1-3-5-7-9-11-13-15-17-18-19-20-21-22-23-24-25-27-28-30-32-34-36-38-45(49)55-40-43(41-56-59(53,54)57-42-44(48)47(51)52)58-46(50)39-37-35-33-31-29-26-16-14-12-10-8-6-4-2/h19-20,22-23,26,29,33,35,43-44H,3-18,21,24-25,27-28,30-32,34,36-42,48H2,1-2H3,(H,51,52)(H,53,54)/b20-19+,23-22+,29-26+,35-33+/t43?,44-/m1/s1. The first-order valence-corrected chi connectivity index (χ1v) is 24.7. The second kappa shape index (κ2) is 42.1. The first kappa shape index (κ1) is 56.4. The van der Waals surface area contributed by atoms with Crippen LogP contribution in [0.15, 0.2) is 48.6 Å². The number of carbonyl (C=O) groups excluding carboxylic acids is 2. The topological polar surface area (TPSA) is 172 Å². The van der Waals surface area contributed by atoms with Gasteiger partial charge < -0.3 is 25.2 Å². The van der Waals surface area contributed by atoms with Crippen LogP contribution in [0.2, 0.25) is 0 Å². The van der Waals surface area contributed by atoms with Gasteiger partial charge in [-0.3, -0.25) is 23.4 Å². The summed E-state index contributed by atoms with van der Waals surface area (Å²) in [6.07, 6.45) is 47.7. The highest BCUT2D eigenvalue weighted by Crippen LogP contribution is 2.43. The van der Waals surface area contributed by atoms with E-state index in [1.165, 1.54) is 109 Å². The molecule has 0 fully saturated rings. The zero-order valence-corrected chi connectivity index (χ0v) is 38.0. The molecular weight excluding hydrogens is 769 g/mol. The quantitative estimate of drug-likeness (QED) is 0.0231. The minimum absolute atomic E-state index is 0.0525. The lowest BCUT2D eigenvalue weighted by Gasteiger charge is -2.20.